The minimum absolute atomic E-state index is 0.0733. The Balaban J connectivity index is 3.23. The summed E-state index contributed by atoms with van der Waals surface area (Å²) >= 11 is 0. The second-order valence-electron chi connectivity index (χ2n) is 8.38. The number of aliphatic hydroxyl groups excluding tert-OH is 1. The number of hydrogen-bond acceptors (Lipinski definition) is 3. The molecule has 0 aliphatic carbocycles. The van der Waals surface area contributed by atoms with Gasteiger partial charge in [-0.25, -0.2) is 0 Å². The first-order chi connectivity index (χ1) is 13.1. The Morgan fingerprint density at radius 3 is 1.89 bits per heavy atom. The quantitative estimate of drug-likeness (QED) is 0.281. The third kappa shape index (κ3) is 21.5. The van der Waals surface area contributed by atoms with Gasteiger partial charge in [0, 0.05) is 13.0 Å². The van der Waals surface area contributed by atoms with Gasteiger partial charge in [-0.2, -0.15) is 0 Å². The van der Waals surface area contributed by atoms with Crippen molar-refractivity contribution in [3.8, 4) is 0 Å². The molecule has 0 saturated carbocycles. The van der Waals surface area contributed by atoms with Gasteiger partial charge in [0.25, 0.3) is 0 Å². The van der Waals surface area contributed by atoms with Gasteiger partial charge in [-0.05, 0) is 46.3 Å². The maximum atomic E-state index is 11.7. The molecule has 1 atom stereocenters. The smallest absolute Gasteiger partial charge is 0.219 e. The van der Waals surface area contributed by atoms with E-state index in [1.165, 1.54) is 70.6 Å². The van der Waals surface area contributed by atoms with Gasteiger partial charge in [0.2, 0.25) is 5.91 Å². The molecule has 0 radical (unpaired) electrons. The van der Waals surface area contributed by atoms with Crippen molar-refractivity contribution in [3.63, 3.8) is 0 Å². The van der Waals surface area contributed by atoms with E-state index in [0.29, 0.717) is 6.42 Å². The van der Waals surface area contributed by atoms with Crippen LogP contribution in [0.5, 0.6) is 0 Å². The molecule has 1 amide bonds. The van der Waals surface area contributed by atoms with E-state index in [2.05, 4.69) is 31.2 Å². The molecule has 0 aromatic rings. The highest BCUT2D eigenvalue weighted by atomic mass is 16.3. The van der Waals surface area contributed by atoms with Crippen LogP contribution in [0.1, 0.15) is 110 Å². The van der Waals surface area contributed by atoms with Crippen LogP contribution in [-0.2, 0) is 4.79 Å². The van der Waals surface area contributed by atoms with Crippen LogP contribution in [0.3, 0.4) is 0 Å². The molecule has 0 aromatic heterocycles. The molecule has 0 spiro atoms. The Labute approximate surface area is 169 Å². The Morgan fingerprint density at radius 2 is 1.33 bits per heavy atom. The molecule has 2 N–H and O–H groups in total. The zero-order valence-electron chi connectivity index (χ0n) is 18.6. The molecule has 0 aromatic carbocycles. The topological polar surface area (TPSA) is 52.6 Å². The lowest BCUT2D eigenvalue weighted by Gasteiger charge is -2.10. The highest BCUT2D eigenvalue weighted by Gasteiger charge is 2.04. The van der Waals surface area contributed by atoms with Gasteiger partial charge in [0.1, 0.15) is 0 Å². The summed E-state index contributed by atoms with van der Waals surface area (Å²) in [7, 11) is 4.11. The minimum atomic E-state index is -0.0733. The molecular weight excluding hydrogens is 336 g/mol. The van der Waals surface area contributed by atoms with Crippen LogP contribution in [0.15, 0.2) is 0 Å². The number of aliphatic hydroxyl groups is 1. The summed E-state index contributed by atoms with van der Waals surface area (Å²) in [6.45, 7) is 4.05. The van der Waals surface area contributed by atoms with Crippen LogP contribution in [0.25, 0.3) is 0 Å². The lowest BCUT2D eigenvalue weighted by molar-refractivity contribution is -0.121. The molecule has 4 heteroatoms. The van der Waals surface area contributed by atoms with E-state index in [9.17, 15) is 9.90 Å². The predicted octanol–water partition coefficient (Wildman–Crippen LogP) is 5.29. The monoisotopic (exact) mass is 384 g/mol. The first kappa shape index (κ1) is 26.4. The van der Waals surface area contributed by atoms with E-state index in [1.54, 1.807) is 0 Å². The molecule has 162 valence electrons. The first-order valence-corrected chi connectivity index (χ1v) is 11.7. The van der Waals surface area contributed by atoms with Crippen LogP contribution >= 0.6 is 0 Å². The number of carbonyl (C=O) groups is 1. The van der Waals surface area contributed by atoms with E-state index in [4.69, 9.17) is 0 Å². The molecule has 0 aliphatic heterocycles. The molecule has 0 heterocycles. The summed E-state index contributed by atoms with van der Waals surface area (Å²) in [6, 6.07) is 0. The fraction of sp³-hybridized carbons (Fsp3) is 0.957. The average molecular weight is 385 g/mol. The van der Waals surface area contributed by atoms with Gasteiger partial charge < -0.3 is 15.3 Å². The van der Waals surface area contributed by atoms with E-state index >= 15 is 0 Å². The molecular formula is C23H48N2O2. The molecule has 4 nitrogen and oxygen atoms in total. The average Bonchev–Trinajstić information content (AvgIpc) is 2.63. The van der Waals surface area contributed by atoms with Crippen molar-refractivity contribution in [2.45, 2.75) is 116 Å². The van der Waals surface area contributed by atoms with Crippen molar-refractivity contribution < 1.29 is 9.90 Å². The fourth-order valence-corrected chi connectivity index (χ4v) is 3.39. The Morgan fingerprint density at radius 1 is 0.815 bits per heavy atom. The number of unbranched alkanes of at least 4 members (excludes halogenated alkanes) is 10. The molecule has 0 bridgehead atoms. The number of nitrogens with zero attached hydrogens (tertiary/aromatic N) is 1. The third-order valence-electron chi connectivity index (χ3n) is 5.19. The van der Waals surface area contributed by atoms with Crippen LogP contribution in [0.2, 0.25) is 0 Å². The highest BCUT2D eigenvalue weighted by molar-refractivity contribution is 5.75. The van der Waals surface area contributed by atoms with Crippen molar-refractivity contribution in [3.05, 3.63) is 0 Å². The standard InChI is InChI=1S/C23H48N2O2/c1-4-5-6-13-17-22(26)18-14-11-9-7-8-10-12-15-19-23(27)24-20-16-21-25(2)3/h22,26H,4-21H2,1-3H3,(H,24,27). The first-order valence-electron chi connectivity index (χ1n) is 11.7. The highest BCUT2D eigenvalue weighted by Crippen LogP contribution is 2.14. The van der Waals surface area contributed by atoms with Crippen molar-refractivity contribution in [2.75, 3.05) is 27.2 Å². The van der Waals surface area contributed by atoms with Crippen molar-refractivity contribution >= 4 is 5.91 Å². The van der Waals surface area contributed by atoms with Gasteiger partial charge in [0.15, 0.2) is 0 Å². The zero-order valence-corrected chi connectivity index (χ0v) is 18.6. The summed E-state index contributed by atoms with van der Waals surface area (Å²) in [4.78, 5) is 13.8. The van der Waals surface area contributed by atoms with Crippen LogP contribution in [0, 0.1) is 0 Å². The van der Waals surface area contributed by atoms with E-state index in [1.807, 2.05) is 0 Å². The molecule has 27 heavy (non-hydrogen) atoms. The van der Waals surface area contributed by atoms with Gasteiger partial charge in [-0.15, -0.1) is 0 Å². The van der Waals surface area contributed by atoms with E-state index in [0.717, 1.165) is 38.8 Å². The molecule has 0 rings (SSSR count). The second kappa shape index (κ2) is 20.1. The van der Waals surface area contributed by atoms with Crippen LogP contribution in [0.4, 0.5) is 0 Å². The van der Waals surface area contributed by atoms with Gasteiger partial charge in [-0.3, -0.25) is 4.79 Å². The normalized spacial score (nSPS) is 12.5. The van der Waals surface area contributed by atoms with Crippen molar-refractivity contribution in [2.24, 2.45) is 0 Å². The van der Waals surface area contributed by atoms with E-state index in [-0.39, 0.29) is 12.0 Å². The Hall–Kier alpha value is -0.610. The summed E-state index contributed by atoms with van der Waals surface area (Å²) in [5.41, 5.74) is 0. The largest absolute Gasteiger partial charge is 0.393 e. The maximum absolute atomic E-state index is 11.7. The minimum Gasteiger partial charge on any atom is -0.393 e. The summed E-state index contributed by atoms with van der Waals surface area (Å²) in [5, 5.41) is 13.0. The lowest BCUT2D eigenvalue weighted by Crippen LogP contribution is -2.26. The van der Waals surface area contributed by atoms with E-state index < -0.39 is 0 Å². The summed E-state index contributed by atoms with van der Waals surface area (Å²) < 4.78 is 0. The van der Waals surface area contributed by atoms with Gasteiger partial charge in [0.05, 0.1) is 6.10 Å². The van der Waals surface area contributed by atoms with Crippen molar-refractivity contribution in [1.82, 2.24) is 10.2 Å². The van der Waals surface area contributed by atoms with Crippen LogP contribution in [-0.4, -0.2) is 49.2 Å². The number of amides is 1. The van der Waals surface area contributed by atoms with Crippen LogP contribution < -0.4 is 5.32 Å². The fourth-order valence-electron chi connectivity index (χ4n) is 3.39. The number of nitrogens with one attached hydrogen (secondary N) is 1. The second-order valence-corrected chi connectivity index (χ2v) is 8.38. The maximum Gasteiger partial charge on any atom is 0.219 e. The zero-order chi connectivity index (χ0) is 20.2. The lowest BCUT2D eigenvalue weighted by atomic mass is 10.0. The van der Waals surface area contributed by atoms with Crippen molar-refractivity contribution in [1.29, 1.82) is 0 Å². The SMILES string of the molecule is CCCCCCC(O)CCCCCCCCCCC(=O)NCCCN(C)C. The van der Waals surface area contributed by atoms with Gasteiger partial charge >= 0.3 is 0 Å². The van der Waals surface area contributed by atoms with Gasteiger partial charge in [-0.1, -0.05) is 77.6 Å². The molecule has 1 unspecified atom stereocenters. The molecule has 0 saturated heterocycles. The number of rotatable bonds is 20. The summed E-state index contributed by atoms with van der Waals surface area (Å²) in [6.07, 6.45) is 18.3. The molecule has 0 fully saturated rings. The summed E-state index contributed by atoms with van der Waals surface area (Å²) in [5.74, 6) is 0.210. The Bertz CT molecular complexity index is 322. The molecule has 0 aliphatic rings. The number of hydrogen-bond donors (Lipinski definition) is 2. The third-order valence-corrected chi connectivity index (χ3v) is 5.19. The Kier molecular flexibility index (Phi) is 19.7. The number of carbonyl (C=O) groups excluding carboxylic acids is 1. The predicted molar refractivity (Wildman–Crippen MR) is 117 cm³/mol.